The van der Waals surface area contributed by atoms with Crippen LogP contribution in [0.25, 0.3) is 0 Å². The minimum Gasteiger partial charge on any atom is -0.346 e. The van der Waals surface area contributed by atoms with Crippen LogP contribution in [-0.4, -0.2) is 22.6 Å². The lowest BCUT2D eigenvalue weighted by atomic mass is 9.90. The molecule has 0 bridgehead atoms. The predicted molar refractivity (Wildman–Crippen MR) is 88.7 cm³/mol. The summed E-state index contributed by atoms with van der Waals surface area (Å²) < 4.78 is 2.19. The van der Waals surface area contributed by atoms with Gasteiger partial charge in [-0.05, 0) is 53.0 Å². The molecule has 0 aliphatic carbocycles. The van der Waals surface area contributed by atoms with E-state index in [1.165, 1.54) is 0 Å². The van der Waals surface area contributed by atoms with Gasteiger partial charge in [0.05, 0.1) is 5.56 Å². The zero-order valence-electron chi connectivity index (χ0n) is 14.6. The second-order valence-corrected chi connectivity index (χ2v) is 7.07. The molecule has 0 spiro atoms. The molecule has 0 fully saturated rings. The molecule has 1 aromatic rings. The van der Waals surface area contributed by atoms with Gasteiger partial charge in [0.1, 0.15) is 0 Å². The van der Waals surface area contributed by atoms with Gasteiger partial charge in [-0.2, -0.15) is 0 Å². The van der Waals surface area contributed by atoms with Gasteiger partial charge in [-0.15, -0.1) is 0 Å². The van der Waals surface area contributed by atoms with Gasteiger partial charge >= 0.3 is 0 Å². The first-order chi connectivity index (χ1) is 9.61. The predicted octanol–water partition coefficient (Wildman–Crippen LogP) is 3.18. The molecule has 0 saturated heterocycles. The van der Waals surface area contributed by atoms with Gasteiger partial charge in [0, 0.05) is 29.5 Å². The first-order valence-corrected chi connectivity index (χ1v) is 7.82. The van der Waals surface area contributed by atoms with Crippen LogP contribution in [0.15, 0.2) is 6.07 Å². The lowest BCUT2D eigenvalue weighted by Gasteiger charge is -2.31. The number of amides is 1. The number of carbonyl (C=O) groups is 1. The van der Waals surface area contributed by atoms with E-state index in [1.807, 2.05) is 26.8 Å². The molecule has 21 heavy (non-hydrogen) atoms. The first-order valence-electron chi connectivity index (χ1n) is 7.82. The summed E-state index contributed by atoms with van der Waals surface area (Å²) in [7, 11) is 0. The quantitative estimate of drug-likeness (QED) is 0.846. The molecule has 120 valence electrons. The van der Waals surface area contributed by atoms with Crippen LogP contribution < -0.4 is 11.1 Å². The van der Waals surface area contributed by atoms with Crippen molar-refractivity contribution < 1.29 is 4.79 Å². The van der Waals surface area contributed by atoms with Crippen molar-refractivity contribution in [2.75, 3.05) is 6.54 Å². The van der Waals surface area contributed by atoms with Crippen molar-refractivity contribution in [2.45, 2.75) is 66.5 Å². The minimum absolute atomic E-state index is 0.0244. The van der Waals surface area contributed by atoms with Crippen molar-refractivity contribution >= 4 is 5.91 Å². The molecule has 1 rings (SSSR count). The Morgan fingerprint density at radius 3 is 2.29 bits per heavy atom. The monoisotopic (exact) mass is 293 g/mol. The standard InChI is InChI=1S/C17H31N3O/c1-11(2)9-17(7,10-18)19-16(21)15-8-13(5)20(12(3)4)14(15)6/h8,11-12H,9-10,18H2,1-7H3,(H,19,21). The number of aromatic nitrogens is 1. The Labute approximate surface area is 129 Å². The fourth-order valence-electron chi connectivity index (χ4n) is 3.23. The van der Waals surface area contributed by atoms with Crippen molar-refractivity contribution in [1.82, 2.24) is 9.88 Å². The SMILES string of the molecule is Cc1cc(C(=O)NC(C)(CN)CC(C)C)c(C)n1C(C)C. The Morgan fingerprint density at radius 2 is 1.90 bits per heavy atom. The molecule has 1 aromatic heterocycles. The number of nitrogens with zero attached hydrogens (tertiary/aromatic N) is 1. The number of rotatable bonds is 6. The van der Waals surface area contributed by atoms with Crippen LogP contribution in [-0.2, 0) is 0 Å². The Balaban J connectivity index is 3.02. The highest BCUT2D eigenvalue weighted by atomic mass is 16.1. The van der Waals surface area contributed by atoms with Crippen molar-refractivity contribution in [3.63, 3.8) is 0 Å². The summed E-state index contributed by atoms with van der Waals surface area (Å²) in [5.41, 5.74) is 8.42. The number of nitrogens with one attached hydrogen (secondary N) is 1. The molecule has 0 aliphatic rings. The van der Waals surface area contributed by atoms with Crippen LogP contribution in [0.2, 0.25) is 0 Å². The number of hydrogen-bond donors (Lipinski definition) is 2. The van der Waals surface area contributed by atoms with Crippen LogP contribution in [0.1, 0.15) is 68.8 Å². The molecule has 0 aliphatic heterocycles. The van der Waals surface area contributed by atoms with E-state index in [9.17, 15) is 4.79 Å². The average Bonchev–Trinajstić information content (AvgIpc) is 2.63. The van der Waals surface area contributed by atoms with Crippen LogP contribution >= 0.6 is 0 Å². The van der Waals surface area contributed by atoms with Crippen LogP contribution in [0.3, 0.4) is 0 Å². The van der Waals surface area contributed by atoms with E-state index in [-0.39, 0.29) is 11.4 Å². The highest BCUT2D eigenvalue weighted by Gasteiger charge is 2.28. The van der Waals surface area contributed by atoms with Gasteiger partial charge in [-0.3, -0.25) is 4.79 Å². The lowest BCUT2D eigenvalue weighted by Crippen LogP contribution is -2.52. The fraction of sp³-hybridized carbons (Fsp3) is 0.706. The third-order valence-electron chi connectivity index (χ3n) is 3.97. The summed E-state index contributed by atoms with van der Waals surface area (Å²) >= 11 is 0. The average molecular weight is 293 g/mol. The Hall–Kier alpha value is -1.29. The number of aryl methyl sites for hydroxylation is 1. The molecule has 3 N–H and O–H groups in total. The maximum Gasteiger partial charge on any atom is 0.253 e. The lowest BCUT2D eigenvalue weighted by molar-refractivity contribution is 0.0897. The van der Waals surface area contributed by atoms with Crippen molar-refractivity contribution in [1.29, 1.82) is 0 Å². The molecular weight excluding hydrogens is 262 g/mol. The van der Waals surface area contributed by atoms with Crippen LogP contribution in [0.4, 0.5) is 0 Å². The van der Waals surface area contributed by atoms with Crippen molar-refractivity contribution in [3.8, 4) is 0 Å². The third-order valence-corrected chi connectivity index (χ3v) is 3.97. The summed E-state index contributed by atoms with van der Waals surface area (Å²) in [6.45, 7) is 15.1. The van der Waals surface area contributed by atoms with Gasteiger partial charge in [0.15, 0.2) is 0 Å². The van der Waals surface area contributed by atoms with Crippen LogP contribution in [0, 0.1) is 19.8 Å². The molecule has 0 aromatic carbocycles. The highest BCUT2D eigenvalue weighted by molar-refractivity contribution is 5.96. The molecule has 0 radical (unpaired) electrons. The zero-order chi connectivity index (χ0) is 16.4. The van der Waals surface area contributed by atoms with E-state index in [2.05, 4.69) is 37.6 Å². The first kappa shape index (κ1) is 17.8. The topological polar surface area (TPSA) is 60.1 Å². The van der Waals surface area contributed by atoms with Gasteiger partial charge < -0.3 is 15.6 Å². The maximum absolute atomic E-state index is 12.6. The summed E-state index contributed by atoms with van der Waals surface area (Å²) in [6, 6.07) is 2.32. The molecule has 1 amide bonds. The number of carbonyl (C=O) groups excluding carboxylic acids is 1. The highest BCUT2D eigenvalue weighted by Crippen LogP contribution is 2.22. The normalized spacial score (nSPS) is 14.6. The van der Waals surface area contributed by atoms with Gasteiger partial charge in [-0.25, -0.2) is 0 Å². The second-order valence-electron chi connectivity index (χ2n) is 7.07. The third kappa shape index (κ3) is 4.10. The maximum atomic E-state index is 12.6. The Morgan fingerprint density at radius 1 is 1.33 bits per heavy atom. The zero-order valence-corrected chi connectivity index (χ0v) is 14.6. The summed E-state index contributed by atoms with van der Waals surface area (Å²) in [5.74, 6) is 0.463. The second kappa shape index (κ2) is 6.65. The fourth-order valence-corrected chi connectivity index (χ4v) is 3.23. The van der Waals surface area contributed by atoms with E-state index < -0.39 is 0 Å². The van der Waals surface area contributed by atoms with E-state index in [0.29, 0.717) is 18.5 Å². The molecule has 4 heteroatoms. The Bertz CT molecular complexity index is 502. The molecule has 0 saturated carbocycles. The molecule has 4 nitrogen and oxygen atoms in total. The smallest absolute Gasteiger partial charge is 0.253 e. The summed E-state index contributed by atoms with van der Waals surface area (Å²) in [4.78, 5) is 12.6. The van der Waals surface area contributed by atoms with Gasteiger partial charge in [0.25, 0.3) is 5.91 Å². The van der Waals surface area contributed by atoms with Crippen molar-refractivity contribution in [3.05, 3.63) is 23.0 Å². The number of hydrogen-bond acceptors (Lipinski definition) is 2. The molecule has 1 heterocycles. The van der Waals surface area contributed by atoms with Gasteiger partial charge in [0.2, 0.25) is 0 Å². The number of nitrogens with two attached hydrogens (primary N) is 1. The Kier molecular flexibility index (Phi) is 5.62. The van der Waals surface area contributed by atoms with Gasteiger partial charge in [-0.1, -0.05) is 13.8 Å². The van der Waals surface area contributed by atoms with E-state index in [0.717, 1.165) is 23.4 Å². The summed E-state index contributed by atoms with van der Waals surface area (Å²) in [5, 5.41) is 3.13. The van der Waals surface area contributed by atoms with Crippen LogP contribution in [0.5, 0.6) is 0 Å². The largest absolute Gasteiger partial charge is 0.346 e. The molecule has 1 atom stereocenters. The summed E-state index contributed by atoms with van der Waals surface area (Å²) in [6.07, 6.45) is 0.873. The van der Waals surface area contributed by atoms with Crippen molar-refractivity contribution in [2.24, 2.45) is 11.7 Å². The molecular formula is C17H31N3O. The minimum atomic E-state index is -0.356. The van der Waals surface area contributed by atoms with E-state index in [1.54, 1.807) is 0 Å². The van der Waals surface area contributed by atoms with E-state index in [4.69, 9.17) is 5.73 Å². The van der Waals surface area contributed by atoms with E-state index >= 15 is 0 Å². The molecule has 1 unspecified atom stereocenters.